The molecule has 1 N–H and O–H groups in total. The fraction of sp³-hybridized carbons (Fsp3) is 0.500. The lowest BCUT2D eigenvalue weighted by Crippen LogP contribution is -2.28. The third-order valence-electron chi connectivity index (χ3n) is 2.35. The highest BCUT2D eigenvalue weighted by atomic mass is 16.1. The third kappa shape index (κ3) is 2.15. The van der Waals surface area contributed by atoms with Gasteiger partial charge in [0.1, 0.15) is 5.65 Å². The van der Waals surface area contributed by atoms with Gasteiger partial charge in [-0.05, 0) is 18.4 Å². The van der Waals surface area contributed by atoms with Crippen LogP contribution >= 0.6 is 0 Å². The molecule has 86 valence electrons. The number of H-pyrrole nitrogens is 1. The summed E-state index contributed by atoms with van der Waals surface area (Å²) in [5.41, 5.74) is 1.58. The van der Waals surface area contributed by atoms with Crippen molar-refractivity contribution in [2.24, 2.45) is 5.41 Å². The van der Waals surface area contributed by atoms with Gasteiger partial charge in [0.05, 0.1) is 0 Å². The molecule has 2 aromatic rings. The van der Waals surface area contributed by atoms with Crippen molar-refractivity contribution in [1.29, 1.82) is 0 Å². The van der Waals surface area contributed by atoms with E-state index in [1.165, 1.54) is 0 Å². The highest BCUT2D eigenvalue weighted by Gasteiger charge is 2.13. The van der Waals surface area contributed by atoms with Crippen molar-refractivity contribution < 1.29 is 0 Å². The van der Waals surface area contributed by atoms with Gasteiger partial charge in [-0.25, -0.2) is 4.79 Å². The summed E-state index contributed by atoms with van der Waals surface area (Å²) in [4.78, 5) is 18.8. The summed E-state index contributed by atoms with van der Waals surface area (Å²) >= 11 is 0. The number of fused-ring (bicyclic) bond motifs is 1. The average Bonchev–Trinajstić information content (AvgIpc) is 2.42. The zero-order valence-corrected chi connectivity index (χ0v) is 10.2. The summed E-state index contributed by atoms with van der Waals surface area (Å²) in [6, 6.07) is 2.00. The van der Waals surface area contributed by atoms with Crippen LogP contribution in [0.4, 0.5) is 0 Å². The van der Waals surface area contributed by atoms with Gasteiger partial charge in [-0.2, -0.15) is 4.98 Å². The Labute approximate surface area is 94.3 Å². The molecule has 2 heterocycles. The number of nitrogens with zero attached hydrogens (tertiary/aromatic N) is 2. The predicted molar refractivity (Wildman–Crippen MR) is 64.5 cm³/mol. The number of hydrogen-bond donors (Lipinski definition) is 1. The van der Waals surface area contributed by atoms with Crippen molar-refractivity contribution in [2.45, 2.75) is 34.2 Å². The van der Waals surface area contributed by atoms with E-state index in [0.29, 0.717) is 12.2 Å². The van der Waals surface area contributed by atoms with E-state index in [-0.39, 0.29) is 11.1 Å². The van der Waals surface area contributed by atoms with E-state index in [0.717, 1.165) is 11.1 Å². The van der Waals surface area contributed by atoms with Crippen LogP contribution in [-0.4, -0.2) is 14.5 Å². The van der Waals surface area contributed by atoms with Gasteiger partial charge in [0.25, 0.3) is 0 Å². The fourth-order valence-electron chi connectivity index (χ4n) is 1.79. The standard InChI is InChI=1S/C12H17N3O/c1-8-5-9-6-15(7-12(2,3)4)11(16)14-10(9)13-8/h5-6H,7H2,1-4H3,(H,13,14,16). The molecule has 0 aliphatic rings. The Balaban J connectivity index is 2.54. The lowest BCUT2D eigenvalue weighted by molar-refractivity contribution is 0.336. The van der Waals surface area contributed by atoms with Gasteiger partial charge in [0.15, 0.2) is 0 Å². The van der Waals surface area contributed by atoms with Gasteiger partial charge < -0.3 is 4.98 Å². The SMILES string of the molecule is Cc1cc2cn(CC(C)(C)C)c(=O)nc2[nH]1. The van der Waals surface area contributed by atoms with E-state index < -0.39 is 0 Å². The third-order valence-corrected chi connectivity index (χ3v) is 2.35. The van der Waals surface area contributed by atoms with Gasteiger partial charge >= 0.3 is 5.69 Å². The van der Waals surface area contributed by atoms with Gasteiger partial charge in [-0.1, -0.05) is 20.8 Å². The smallest absolute Gasteiger partial charge is 0.343 e. The van der Waals surface area contributed by atoms with Crippen LogP contribution in [0.3, 0.4) is 0 Å². The van der Waals surface area contributed by atoms with Crippen molar-refractivity contribution >= 4 is 11.0 Å². The van der Waals surface area contributed by atoms with Crippen molar-refractivity contribution in [3.8, 4) is 0 Å². The van der Waals surface area contributed by atoms with Crippen molar-refractivity contribution in [3.63, 3.8) is 0 Å². The Morgan fingerprint density at radius 3 is 2.75 bits per heavy atom. The molecule has 0 saturated heterocycles. The monoisotopic (exact) mass is 219 g/mol. The minimum Gasteiger partial charge on any atom is -0.343 e. The summed E-state index contributed by atoms with van der Waals surface area (Å²) in [7, 11) is 0. The van der Waals surface area contributed by atoms with Crippen LogP contribution in [0.25, 0.3) is 11.0 Å². The molecule has 4 nitrogen and oxygen atoms in total. The maximum absolute atomic E-state index is 11.8. The largest absolute Gasteiger partial charge is 0.349 e. The number of aromatic amines is 1. The van der Waals surface area contributed by atoms with Gasteiger partial charge in [0, 0.05) is 23.8 Å². The van der Waals surface area contributed by atoms with Crippen LogP contribution in [-0.2, 0) is 6.54 Å². The first-order valence-electron chi connectivity index (χ1n) is 5.42. The lowest BCUT2D eigenvalue weighted by atomic mass is 9.97. The topological polar surface area (TPSA) is 50.7 Å². The Morgan fingerprint density at radius 2 is 2.12 bits per heavy atom. The average molecular weight is 219 g/mol. The molecule has 4 heteroatoms. The predicted octanol–water partition coefficient (Wildman–Crippen LogP) is 2.08. The highest BCUT2D eigenvalue weighted by Crippen LogP contribution is 2.16. The van der Waals surface area contributed by atoms with Crippen LogP contribution in [0.5, 0.6) is 0 Å². The van der Waals surface area contributed by atoms with E-state index in [9.17, 15) is 4.79 Å². The number of hydrogen-bond acceptors (Lipinski definition) is 2. The van der Waals surface area contributed by atoms with Gasteiger partial charge in [0.2, 0.25) is 0 Å². The van der Waals surface area contributed by atoms with Gasteiger partial charge in [-0.3, -0.25) is 4.57 Å². The summed E-state index contributed by atoms with van der Waals surface area (Å²) in [5, 5.41) is 0.987. The van der Waals surface area contributed by atoms with Crippen LogP contribution in [0, 0.1) is 12.3 Å². The number of aryl methyl sites for hydroxylation is 1. The minimum absolute atomic E-state index is 0.0739. The Bertz CT molecular complexity index is 572. The first-order chi connectivity index (χ1) is 7.35. The zero-order chi connectivity index (χ0) is 11.9. The van der Waals surface area contributed by atoms with Crippen molar-refractivity contribution in [3.05, 3.63) is 28.4 Å². The molecule has 0 spiro atoms. The van der Waals surface area contributed by atoms with Crippen molar-refractivity contribution in [2.75, 3.05) is 0 Å². The summed E-state index contributed by atoms with van der Waals surface area (Å²) < 4.78 is 1.68. The van der Waals surface area contributed by atoms with Gasteiger partial charge in [-0.15, -0.1) is 0 Å². The molecule has 2 rings (SSSR count). The minimum atomic E-state index is -0.190. The van der Waals surface area contributed by atoms with E-state index >= 15 is 0 Å². The molecule has 0 fully saturated rings. The molecule has 0 atom stereocenters. The maximum Gasteiger partial charge on any atom is 0.349 e. The molecule has 0 aromatic carbocycles. The molecule has 2 aromatic heterocycles. The maximum atomic E-state index is 11.8. The van der Waals surface area contributed by atoms with E-state index in [1.54, 1.807) is 4.57 Å². The lowest BCUT2D eigenvalue weighted by Gasteiger charge is -2.19. The second-order valence-electron chi connectivity index (χ2n) is 5.47. The summed E-state index contributed by atoms with van der Waals surface area (Å²) in [6.45, 7) is 8.95. The molecular weight excluding hydrogens is 202 g/mol. The molecule has 0 bridgehead atoms. The molecule has 0 radical (unpaired) electrons. The van der Waals surface area contributed by atoms with Crippen LogP contribution in [0.2, 0.25) is 0 Å². The van der Waals surface area contributed by atoms with E-state index in [1.807, 2.05) is 19.2 Å². The number of aromatic nitrogens is 3. The normalized spacial score (nSPS) is 12.2. The number of rotatable bonds is 1. The molecule has 16 heavy (non-hydrogen) atoms. The molecule has 0 aliphatic carbocycles. The molecule has 0 saturated carbocycles. The second-order valence-corrected chi connectivity index (χ2v) is 5.47. The first-order valence-corrected chi connectivity index (χ1v) is 5.42. The Kier molecular flexibility index (Phi) is 2.37. The second kappa shape index (κ2) is 3.47. The van der Waals surface area contributed by atoms with E-state index in [2.05, 4.69) is 30.7 Å². The molecule has 0 aliphatic heterocycles. The summed E-state index contributed by atoms with van der Waals surface area (Å²) in [6.07, 6.45) is 1.87. The Hall–Kier alpha value is -1.58. The Morgan fingerprint density at radius 1 is 1.44 bits per heavy atom. The number of nitrogens with one attached hydrogen (secondary N) is 1. The van der Waals surface area contributed by atoms with Crippen LogP contribution in [0.1, 0.15) is 26.5 Å². The molecule has 0 unspecified atom stereocenters. The molecular formula is C12H17N3O. The highest BCUT2D eigenvalue weighted by molar-refractivity contribution is 5.75. The summed E-state index contributed by atoms with van der Waals surface area (Å²) in [5.74, 6) is 0. The first kappa shape index (κ1) is 10.9. The van der Waals surface area contributed by atoms with Crippen LogP contribution < -0.4 is 5.69 Å². The van der Waals surface area contributed by atoms with Crippen molar-refractivity contribution in [1.82, 2.24) is 14.5 Å². The van der Waals surface area contributed by atoms with E-state index in [4.69, 9.17) is 0 Å². The molecule has 0 amide bonds. The fourth-order valence-corrected chi connectivity index (χ4v) is 1.79. The quantitative estimate of drug-likeness (QED) is 0.798. The van der Waals surface area contributed by atoms with Crippen LogP contribution in [0.15, 0.2) is 17.1 Å². The zero-order valence-electron chi connectivity index (χ0n) is 10.2.